The summed E-state index contributed by atoms with van der Waals surface area (Å²) in [6.45, 7) is 6.53. The molecule has 1 unspecified atom stereocenters. The molecule has 0 amide bonds. The van der Waals surface area contributed by atoms with E-state index in [9.17, 15) is 14.4 Å². The maximum atomic E-state index is 12.9. The first-order chi connectivity index (χ1) is 38.5. The molecule has 6 heteroatoms. The van der Waals surface area contributed by atoms with Crippen molar-refractivity contribution in [3.05, 3.63) is 85.1 Å². The van der Waals surface area contributed by atoms with Gasteiger partial charge < -0.3 is 14.2 Å². The minimum atomic E-state index is -0.802. The third kappa shape index (κ3) is 63.4. The van der Waals surface area contributed by atoms with Crippen molar-refractivity contribution in [2.75, 3.05) is 13.2 Å². The second kappa shape index (κ2) is 66.1. The van der Waals surface area contributed by atoms with Crippen molar-refractivity contribution in [3.63, 3.8) is 0 Å². The highest BCUT2D eigenvalue weighted by Crippen LogP contribution is 2.17. The number of allylic oxidation sites excluding steroid dienone is 14. The van der Waals surface area contributed by atoms with E-state index in [1.165, 1.54) is 199 Å². The largest absolute Gasteiger partial charge is 0.462 e. The number of unbranched alkanes of at least 4 members (excludes halogenated alkanes) is 36. The predicted octanol–water partition coefficient (Wildman–Crippen LogP) is 23.1. The molecule has 1 atom stereocenters. The van der Waals surface area contributed by atoms with Gasteiger partial charge in [0.2, 0.25) is 0 Å². The molecular weight excluding hydrogens is 961 g/mol. The molecule has 6 nitrogen and oxygen atoms in total. The fourth-order valence-electron chi connectivity index (χ4n) is 9.62. The van der Waals surface area contributed by atoms with Gasteiger partial charge in [-0.15, -0.1) is 0 Å². The highest BCUT2D eigenvalue weighted by atomic mass is 16.6. The van der Waals surface area contributed by atoms with E-state index in [1.807, 2.05) is 0 Å². The Kier molecular flexibility index (Phi) is 63.2. The molecule has 78 heavy (non-hydrogen) atoms. The van der Waals surface area contributed by atoms with Gasteiger partial charge in [-0.25, -0.2) is 0 Å². The molecule has 0 aromatic carbocycles. The van der Waals surface area contributed by atoms with Crippen LogP contribution in [0.2, 0.25) is 0 Å². The van der Waals surface area contributed by atoms with Crippen LogP contribution < -0.4 is 0 Å². The van der Waals surface area contributed by atoms with E-state index in [0.717, 1.165) is 89.9 Å². The van der Waals surface area contributed by atoms with Crippen LogP contribution in [0.3, 0.4) is 0 Å². The topological polar surface area (TPSA) is 78.9 Å². The van der Waals surface area contributed by atoms with Gasteiger partial charge in [0, 0.05) is 19.3 Å². The van der Waals surface area contributed by atoms with Gasteiger partial charge in [0.1, 0.15) is 13.2 Å². The Morgan fingerprint density at radius 1 is 0.269 bits per heavy atom. The maximum absolute atomic E-state index is 12.9. The van der Waals surface area contributed by atoms with Crippen molar-refractivity contribution in [1.29, 1.82) is 0 Å². The van der Waals surface area contributed by atoms with Gasteiger partial charge in [0.15, 0.2) is 6.10 Å². The first-order valence-corrected chi connectivity index (χ1v) is 33.6. The molecule has 0 saturated heterocycles. The predicted molar refractivity (Wildman–Crippen MR) is 339 cm³/mol. The molecule has 450 valence electrons. The van der Waals surface area contributed by atoms with E-state index in [0.29, 0.717) is 19.3 Å². The van der Waals surface area contributed by atoms with E-state index >= 15 is 0 Å². The normalized spacial score (nSPS) is 12.6. The van der Waals surface area contributed by atoms with Gasteiger partial charge >= 0.3 is 17.9 Å². The average Bonchev–Trinajstić information content (AvgIpc) is 3.44. The fraction of sp³-hybridized carbons (Fsp3) is 0.764. The van der Waals surface area contributed by atoms with Crippen molar-refractivity contribution in [3.8, 4) is 0 Å². The number of hydrogen-bond donors (Lipinski definition) is 0. The van der Waals surface area contributed by atoms with E-state index < -0.39 is 6.10 Å². The summed E-state index contributed by atoms with van der Waals surface area (Å²) in [6, 6.07) is 0. The lowest BCUT2D eigenvalue weighted by molar-refractivity contribution is -0.167. The van der Waals surface area contributed by atoms with Gasteiger partial charge in [0.25, 0.3) is 0 Å². The number of ether oxygens (including phenoxy) is 3. The minimum absolute atomic E-state index is 0.0926. The Morgan fingerprint density at radius 3 is 0.821 bits per heavy atom. The molecule has 0 heterocycles. The van der Waals surface area contributed by atoms with Gasteiger partial charge in [-0.1, -0.05) is 305 Å². The Hall–Kier alpha value is -3.41. The molecule has 0 aliphatic carbocycles. The van der Waals surface area contributed by atoms with Crippen LogP contribution in [0.15, 0.2) is 85.1 Å². The van der Waals surface area contributed by atoms with Crippen LogP contribution in [0.25, 0.3) is 0 Å². The minimum Gasteiger partial charge on any atom is -0.462 e. The van der Waals surface area contributed by atoms with Crippen molar-refractivity contribution in [2.24, 2.45) is 0 Å². The van der Waals surface area contributed by atoms with Gasteiger partial charge in [-0.2, -0.15) is 0 Å². The van der Waals surface area contributed by atoms with Crippen molar-refractivity contribution in [2.45, 2.75) is 341 Å². The lowest BCUT2D eigenvalue weighted by atomic mass is 10.0. The highest BCUT2D eigenvalue weighted by Gasteiger charge is 2.19. The number of hydrogen-bond acceptors (Lipinski definition) is 6. The molecule has 0 bridgehead atoms. The summed E-state index contributed by atoms with van der Waals surface area (Å²) in [5.41, 5.74) is 0. The second-order valence-corrected chi connectivity index (χ2v) is 22.4. The summed E-state index contributed by atoms with van der Waals surface area (Å²) >= 11 is 0. The molecule has 0 aliphatic heterocycles. The van der Waals surface area contributed by atoms with Crippen LogP contribution in [-0.2, 0) is 28.6 Å². The second-order valence-electron chi connectivity index (χ2n) is 22.4. The monoisotopic (exact) mass is 1090 g/mol. The number of carbonyl (C=O) groups excluding carboxylic acids is 3. The summed E-state index contributed by atoms with van der Waals surface area (Å²) in [5, 5.41) is 0. The first-order valence-electron chi connectivity index (χ1n) is 33.6. The molecule has 0 aromatic rings. The standard InChI is InChI=1S/C72H126O6/c1-4-7-10-13-16-19-22-25-28-31-33-35-37-38-41-44-47-50-53-56-59-62-65-71(74)77-68-69(67-76-70(73)64-61-58-55-52-49-46-43-40-30-27-24-21-18-15-12-9-6-3)78-72(75)66-63-60-57-54-51-48-45-42-39-36-34-32-29-26-23-20-17-14-11-8-5-2/h8,11,17,20,26-27,29-30,34,36,42,45,51,54,69H,4-7,9-10,12-16,18-19,21-25,28,31-33,35,37-41,43-44,46-50,52-53,55-68H2,1-3H3/b11-8-,20-17-,29-26-,30-27-,36-34-,45-42-,54-51-. The third-order valence-corrected chi connectivity index (χ3v) is 14.6. The third-order valence-electron chi connectivity index (χ3n) is 14.6. The quantitative estimate of drug-likeness (QED) is 0.0261. The van der Waals surface area contributed by atoms with Crippen molar-refractivity contribution < 1.29 is 28.6 Å². The van der Waals surface area contributed by atoms with Crippen LogP contribution >= 0.6 is 0 Å². The maximum Gasteiger partial charge on any atom is 0.306 e. The molecule has 0 fully saturated rings. The average molecular weight is 1090 g/mol. The van der Waals surface area contributed by atoms with Gasteiger partial charge in [-0.3, -0.25) is 14.4 Å². The number of rotatable bonds is 61. The lowest BCUT2D eigenvalue weighted by Crippen LogP contribution is -2.30. The van der Waals surface area contributed by atoms with Crippen LogP contribution in [0.1, 0.15) is 335 Å². The summed E-state index contributed by atoms with van der Waals surface area (Å²) in [7, 11) is 0. The van der Waals surface area contributed by atoms with E-state index in [-0.39, 0.29) is 37.5 Å². The summed E-state index contributed by atoms with van der Waals surface area (Å²) in [4.78, 5) is 38.4. The molecule has 0 aliphatic rings. The van der Waals surface area contributed by atoms with Crippen molar-refractivity contribution >= 4 is 17.9 Å². The van der Waals surface area contributed by atoms with E-state index in [1.54, 1.807) is 0 Å². The van der Waals surface area contributed by atoms with Crippen LogP contribution in [0.5, 0.6) is 0 Å². The van der Waals surface area contributed by atoms with Crippen LogP contribution in [-0.4, -0.2) is 37.2 Å². The molecular formula is C72H126O6. The fourth-order valence-corrected chi connectivity index (χ4v) is 9.62. The van der Waals surface area contributed by atoms with E-state index in [4.69, 9.17) is 14.2 Å². The molecule has 0 rings (SSSR count). The first kappa shape index (κ1) is 74.6. The molecule has 0 radical (unpaired) electrons. The summed E-state index contributed by atoms with van der Waals surface area (Å²) < 4.78 is 16.9. The zero-order valence-electron chi connectivity index (χ0n) is 51.7. The SMILES string of the molecule is CC/C=C\C/C=C\C/C=C\C/C=C\C/C=C\C/C=C\CCCCC(=O)OC(COC(=O)CCCCCCCCC/C=C\CCCCCCCC)COC(=O)CCCCCCCCCCCCCCCCCCCCCCCC. The van der Waals surface area contributed by atoms with E-state index in [2.05, 4.69) is 106 Å². The summed E-state index contributed by atoms with van der Waals surface area (Å²) in [5.74, 6) is -0.924. The van der Waals surface area contributed by atoms with Crippen LogP contribution in [0, 0.1) is 0 Å². The molecule has 0 N–H and O–H groups in total. The van der Waals surface area contributed by atoms with Gasteiger partial charge in [-0.05, 0) is 96.3 Å². The Morgan fingerprint density at radius 2 is 0.500 bits per heavy atom. The zero-order valence-corrected chi connectivity index (χ0v) is 51.7. The number of esters is 3. The van der Waals surface area contributed by atoms with Crippen LogP contribution in [0.4, 0.5) is 0 Å². The van der Waals surface area contributed by atoms with Crippen molar-refractivity contribution in [1.82, 2.24) is 0 Å². The zero-order chi connectivity index (χ0) is 56.4. The Labute approximate surface area is 484 Å². The Balaban J connectivity index is 4.42. The Bertz CT molecular complexity index is 1480. The van der Waals surface area contributed by atoms with Gasteiger partial charge in [0.05, 0.1) is 0 Å². The lowest BCUT2D eigenvalue weighted by Gasteiger charge is -2.18. The number of carbonyl (C=O) groups is 3. The molecule has 0 aromatic heterocycles. The smallest absolute Gasteiger partial charge is 0.306 e. The molecule has 0 spiro atoms. The summed E-state index contributed by atoms with van der Waals surface area (Å²) in [6.07, 6.45) is 87.4. The molecule has 0 saturated carbocycles. The highest BCUT2D eigenvalue weighted by molar-refractivity contribution is 5.71.